The van der Waals surface area contributed by atoms with Gasteiger partial charge in [-0.1, -0.05) is 5.16 Å². The lowest BCUT2D eigenvalue weighted by atomic mass is 10.1. The number of aryl methyl sites for hydroxylation is 4. The molecule has 98 valence electrons. The van der Waals surface area contributed by atoms with Gasteiger partial charge in [0, 0.05) is 23.0 Å². The zero-order valence-electron chi connectivity index (χ0n) is 11.5. The molecule has 0 aliphatic heterocycles. The maximum absolute atomic E-state index is 5.16. The second kappa shape index (κ2) is 5.20. The van der Waals surface area contributed by atoms with E-state index in [1.54, 1.807) is 11.3 Å². The lowest BCUT2D eigenvalue weighted by Gasteiger charge is -2.12. The van der Waals surface area contributed by atoms with Crippen LogP contribution in [0.5, 0.6) is 0 Å². The summed E-state index contributed by atoms with van der Waals surface area (Å²) in [4.78, 5) is 5.86. The Morgan fingerprint density at radius 1 is 1.28 bits per heavy atom. The summed E-state index contributed by atoms with van der Waals surface area (Å²) in [5.41, 5.74) is 3.24. The molecule has 1 unspecified atom stereocenters. The number of nitrogens with zero attached hydrogens (tertiary/aromatic N) is 2. The normalized spacial score (nSPS) is 12.9. The highest BCUT2D eigenvalue weighted by Crippen LogP contribution is 2.23. The Bertz CT molecular complexity index is 525. The molecule has 0 bridgehead atoms. The molecule has 2 heterocycles. The smallest absolute Gasteiger partial charge is 0.138 e. The van der Waals surface area contributed by atoms with Gasteiger partial charge in [-0.3, -0.25) is 0 Å². The first-order chi connectivity index (χ1) is 8.49. The van der Waals surface area contributed by atoms with Crippen LogP contribution in [0.25, 0.3) is 0 Å². The first kappa shape index (κ1) is 13.2. The van der Waals surface area contributed by atoms with Crippen LogP contribution in [-0.4, -0.2) is 10.1 Å². The molecular formula is C13H19N3OS. The molecule has 0 spiro atoms. The van der Waals surface area contributed by atoms with Gasteiger partial charge >= 0.3 is 0 Å². The van der Waals surface area contributed by atoms with Crippen LogP contribution in [0.15, 0.2) is 4.52 Å². The zero-order chi connectivity index (χ0) is 13.3. The lowest BCUT2D eigenvalue weighted by Crippen LogP contribution is -2.19. The minimum atomic E-state index is 0.239. The van der Waals surface area contributed by atoms with Crippen LogP contribution < -0.4 is 5.32 Å². The first-order valence-electron chi connectivity index (χ1n) is 6.08. The van der Waals surface area contributed by atoms with E-state index in [1.165, 1.54) is 4.88 Å². The van der Waals surface area contributed by atoms with Gasteiger partial charge in [0.25, 0.3) is 0 Å². The van der Waals surface area contributed by atoms with E-state index in [0.717, 1.165) is 34.3 Å². The maximum atomic E-state index is 5.16. The van der Waals surface area contributed by atoms with Gasteiger partial charge in [-0.25, -0.2) is 4.98 Å². The van der Waals surface area contributed by atoms with E-state index in [1.807, 2.05) is 20.8 Å². The van der Waals surface area contributed by atoms with Gasteiger partial charge in [-0.2, -0.15) is 0 Å². The Kier molecular flexibility index (Phi) is 3.82. The summed E-state index contributed by atoms with van der Waals surface area (Å²) in [5.74, 6) is 0.887. The quantitative estimate of drug-likeness (QED) is 0.922. The summed E-state index contributed by atoms with van der Waals surface area (Å²) >= 11 is 1.75. The summed E-state index contributed by atoms with van der Waals surface area (Å²) in [6.45, 7) is 11.0. The van der Waals surface area contributed by atoms with Crippen LogP contribution in [0.3, 0.4) is 0 Å². The lowest BCUT2D eigenvalue weighted by molar-refractivity contribution is 0.391. The molecule has 1 N–H and O–H groups in total. The summed E-state index contributed by atoms with van der Waals surface area (Å²) in [7, 11) is 0. The molecule has 0 aliphatic rings. The van der Waals surface area contributed by atoms with Crippen LogP contribution in [0.1, 0.15) is 45.6 Å². The third kappa shape index (κ3) is 2.62. The van der Waals surface area contributed by atoms with Crippen LogP contribution in [0, 0.1) is 27.7 Å². The number of aromatic nitrogens is 2. The van der Waals surface area contributed by atoms with Crippen LogP contribution in [0.2, 0.25) is 0 Å². The monoisotopic (exact) mass is 265 g/mol. The average molecular weight is 265 g/mol. The molecule has 0 saturated carbocycles. The molecule has 0 aliphatic carbocycles. The molecule has 2 rings (SSSR count). The Labute approximate surface area is 111 Å². The molecule has 18 heavy (non-hydrogen) atoms. The number of hydrogen-bond donors (Lipinski definition) is 1. The Morgan fingerprint density at radius 3 is 2.50 bits per heavy atom. The average Bonchev–Trinajstić information content (AvgIpc) is 2.80. The fourth-order valence-corrected chi connectivity index (χ4v) is 2.97. The minimum Gasteiger partial charge on any atom is -0.361 e. The number of rotatable bonds is 4. The molecule has 2 aromatic heterocycles. The predicted octanol–water partition coefficient (Wildman–Crippen LogP) is 3.22. The van der Waals surface area contributed by atoms with Crippen molar-refractivity contribution < 1.29 is 4.52 Å². The third-order valence-corrected chi connectivity index (χ3v) is 4.02. The molecule has 0 radical (unpaired) electrons. The van der Waals surface area contributed by atoms with Crippen molar-refractivity contribution >= 4 is 11.3 Å². The van der Waals surface area contributed by atoms with Crippen molar-refractivity contribution in [1.82, 2.24) is 15.5 Å². The van der Waals surface area contributed by atoms with Gasteiger partial charge in [0.15, 0.2) is 0 Å². The minimum absolute atomic E-state index is 0.239. The van der Waals surface area contributed by atoms with Crippen molar-refractivity contribution in [3.05, 3.63) is 32.6 Å². The maximum Gasteiger partial charge on any atom is 0.138 e. The molecule has 2 aromatic rings. The van der Waals surface area contributed by atoms with Crippen LogP contribution in [0.4, 0.5) is 0 Å². The highest BCUT2D eigenvalue weighted by Gasteiger charge is 2.15. The summed E-state index contributed by atoms with van der Waals surface area (Å²) in [6.07, 6.45) is 0. The van der Waals surface area contributed by atoms with Crippen molar-refractivity contribution in [1.29, 1.82) is 0 Å². The van der Waals surface area contributed by atoms with Gasteiger partial charge in [0.2, 0.25) is 0 Å². The molecule has 5 heteroatoms. The van der Waals surface area contributed by atoms with E-state index in [-0.39, 0.29) is 6.04 Å². The van der Waals surface area contributed by atoms with Crippen molar-refractivity contribution in [3.63, 3.8) is 0 Å². The predicted molar refractivity (Wildman–Crippen MR) is 72.8 cm³/mol. The summed E-state index contributed by atoms with van der Waals surface area (Å²) in [6, 6.07) is 0.239. The van der Waals surface area contributed by atoms with Gasteiger partial charge in [-0.05, 0) is 34.6 Å². The van der Waals surface area contributed by atoms with E-state index >= 15 is 0 Å². The summed E-state index contributed by atoms with van der Waals surface area (Å²) < 4.78 is 5.16. The van der Waals surface area contributed by atoms with E-state index in [0.29, 0.717) is 0 Å². The zero-order valence-corrected chi connectivity index (χ0v) is 12.3. The largest absolute Gasteiger partial charge is 0.361 e. The second-order valence-corrected chi connectivity index (χ2v) is 5.99. The highest BCUT2D eigenvalue weighted by molar-refractivity contribution is 7.11. The highest BCUT2D eigenvalue weighted by atomic mass is 32.1. The second-order valence-electron chi connectivity index (χ2n) is 4.58. The molecule has 0 aromatic carbocycles. The molecule has 4 nitrogen and oxygen atoms in total. The molecule has 1 atom stereocenters. The summed E-state index contributed by atoms with van der Waals surface area (Å²) in [5, 5.41) is 8.56. The Balaban J connectivity index is 2.05. The van der Waals surface area contributed by atoms with E-state index in [9.17, 15) is 0 Å². The van der Waals surface area contributed by atoms with E-state index in [4.69, 9.17) is 4.52 Å². The molecular weight excluding hydrogens is 246 g/mol. The van der Waals surface area contributed by atoms with Crippen LogP contribution >= 0.6 is 11.3 Å². The van der Waals surface area contributed by atoms with Gasteiger partial charge in [0.05, 0.1) is 16.4 Å². The Hall–Kier alpha value is -1.20. The van der Waals surface area contributed by atoms with Gasteiger partial charge < -0.3 is 9.84 Å². The molecule has 0 saturated heterocycles. The fraction of sp³-hybridized carbons (Fsp3) is 0.538. The third-order valence-electron chi connectivity index (χ3n) is 3.12. The molecule has 0 fully saturated rings. The number of thiazole rings is 1. The SMILES string of the molecule is Cc1nc(C(C)NCc2c(C)noc2C)c(C)s1. The van der Waals surface area contributed by atoms with Crippen LogP contribution in [-0.2, 0) is 6.54 Å². The van der Waals surface area contributed by atoms with Crippen molar-refractivity contribution in [2.24, 2.45) is 0 Å². The van der Waals surface area contributed by atoms with E-state index < -0.39 is 0 Å². The van der Waals surface area contributed by atoms with Crippen molar-refractivity contribution in [3.8, 4) is 0 Å². The van der Waals surface area contributed by atoms with Gasteiger partial charge in [-0.15, -0.1) is 11.3 Å². The van der Waals surface area contributed by atoms with Crippen molar-refractivity contribution in [2.75, 3.05) is 0 Å². The fourth-order valence-electron chi connectivity index (χ4n) is 2.05. The Morgan fingerprint density at radius 2 is 2.00 bits per heavy atom. The topological polar surface area (TPSA) is 51.0 Å². The number of nitrogens with one attached hydrogen (secondary N) is 1. The van der Waals surface area contributed by atoms with Gasteiger partial charge in [0.1, 0.15) is 5.76 Å². The standard InChI is InChI=1S/C13H19N3OS/c1-7-12(9(3)17-16-7)6-14-8(2)13-10(4)18-11(5)15-13/h8,14H,6H2,1-5H3. The molecule has 0 amide bonds. The van der Waals surface area contributed by atoms with Crippen molar-refractivity contribution in [2.45, 2.75) is 47.2 Å². The first-order valence-corrected chi connectivity index (χ1v) is 6.89. The van der Waals surface area contributed by atoms with E-state index in [2.05, 4.69) is 29.3 Å². The number of hydrogen-bond acceptors (Lipinski definition) is 5.